The minimum atomic E-state index is -0.420. The Hall–Kier alpha value is -4.54. The van der Waals surface area contributed by atoms with Gasteiger partial charge in [-0.2, -0.15) is 0 Å². The van der Waals surface area contributed by atoms with Gasteiger partial charge in [-0.25, -0.2) is 4.68 Å². The summed E-state index contributed by atoms with van der Waals surface area (Å²) in [6.45, 7) is 4.87. The van der Waals surface area contributed by atoms with Gasteiger partial charge in [0.25, 0.3) is 5.56 Å². The summed E-state index contributed by atoms with van der Waals surface area (Å²) < 4.78 is 12.9. The summed E-state index contributed by atoms with van der Waals surface area (Å²) in [5.41, 5.74) is 3.52. The van der Waals surface area contributed by atoms with E-state index in [9.17, 15) is 4.79 Å². The molecule has 0 saturated carbocycles. The van der Waals surface area contributed by atoms with Crippen LogP contribution in [0.4, 0.5) is 0 Å². The fraction of sp³-hybridized carbons (Fsp3) is 0.267. The Morgan fingerprint density at radius 3 is 2.23 bits per heavy atom. The number of hydrogen-bond acceptors (Lipinski definition) is 8. The molecule has 7 rings (SSSR count). The van der Waals surface area contributed by atoms with E-state index in [1.807, 2.05) is 54.6 Å². The van der Waals surface area contributed by atoms with E-state index in [0.29, 0.717) is 34.9 Å². The third kappa shape index (κ3) is 4.83. The third-order valence-corrected chi connectivity index (χ3v) is 7.66. The van der Waals surface area contributed by atoms with Crippen LogP contribution >= 0.6 is 0 Å². The van der Waals surface area contributed by atoms with Gasteiger partial charge in [0.15, 0.2) is 17.3 Å². The van der Waals surface area contributed by atoms with Crippen LogP contribution in [0.3, 0.4) is 0 Å². The second-order valence-corrected chi connectivity index (χ2v) is 10.2. The van der Waals surface area contributed by atoms with Crippen molar-refractivity contribution in [3.8, 4) is 11.5 Å². The lowest BCUT2D eigenvalue weighted by molar-refractivity contribution is 0.0998. The largest absolute Gasteiger partial charge is 0.454 e. The molecule has 0 bridgehead atoms. The van der Waals surface area contributed by atoms with E-state index < -0.39 is 6.04 Å². The normalized spacial score (nSPS) is 16.4. The van der Waals surface area contributed by atoms with Crippen molar-refractivity contribution in [3.05, 3.63) is 112 Å². The average molecular weight is 536 g/mol. The van der Waals surface area contributed by atoms with Gasteiger partial charge in [-0.05, 0) is 33.7 Å². The molecule has 0 spiro atoms. The van der Waals surface area contributed by atoms with E-state index in [4.69, 9.17) is 9.47 Å². The number of fused-ring (bicyclic) bond motifs is 2. The van der Waals surface area contributed by atoms with E-state index in [1.165, 1.54) is 5.56 Å². The van der Waals surface area contributed by atoms with Crippen LogP contribution < -0.4 is 15.0 Å². The summed E-state index contributed by atoms with van der Waals surface area (Å²) >= 11 is 0. The number of ether oxygens (including phenoxy) is 2. The molecule has 3 aromatic carbocycles. The highest BCUT2D eigenvalue weighted by Gasteiger charge is 2.33. The number of nitrogens with one attached hydrogen (secondary N) is 1. The molecule has 10 heteroatoms. The SMILES string of the molecule is O=c1[nH]c2cc3c(cc2cc1C(c1nnnn1Cc1ccccc1)N1CCN(Cc2ccccc2)CC1)OCO3. The molecule has 1 atom stereocenters. The van der Waals surface area contributed by atoms with Crippen LogP contribution in [0, 0.1) is 0 Å². The molecular formula is C30H29N7O3. The first-order chi connectivity index (χ1) is 19.7. The molecule has 2 aromatic heterocycles. The van der Waals surface area contributed by atoms with Gasteiger partial charge >= 0.3 is 0 Å². The molecule has 5 aromatic rings. The summed E-state index contributed by atoms with van der Waals surface area (Å²) in [7, 11) is 0. The monoisotopic (exact) mass is 535 g/mol. The average Bonchev–Trinajstić information content (AvgIpc) is 3.63. The molecule has 202 valence electrons. The Labute approximate surface area is 230 Å². The van der Waals surface area contributed by atoms with Crippen molar-refractivity contribution in [2.75, 3.05) is 33.0 Å². The van der Waals surface area contributed by atoms with Crippen molar-refractivity contribution in [1.82, 2.24) is 35.0 Å². The number of aromatic nitrogens is 5. The second kappa shape index (κ2) is 10.6. The minimum absolute atomic E-state index is 0.169. The molecule has 0 aliphatic carbocycles. The van der Waals surface area contributed by atoms with Crippen molar-refractivity contribution in [1.29, 1.82) is 0 Å². The van der Waals surface area contributed by atoms with E-state index in [1.54, 1.807) is 4.68 Å². The van der Waals surface area contributed by atoms with E-state index in [2.05, 4.69) is 54.6 Å². The smallest absolute Gasteiger partial charge is 0.253 e. The zero-order valence-corrected chi connectivity index (χ0v) is 21.9. The van der Waals surface area contributed by atoms with Crippen LogP contribution in [-0.4, -0.2) is 68.0 Å². The lowest BCUT2D eigenvalue weighted by atomic mass is 10.0. The van der Waals surface area contributed by atoms with Gasteiger partial charge in [0.05, 0.1) is 12.1 Å². The molecule has 1 unspecified atom stereocenters. The Morgan fingerprint density at radius 1 is 0.825 bits per heavy atom. The summed E-state index contributed by atoms with van der Waals surface area (Å²) in [6.07, 6.45) is 0. The summed E-state index contributed by atoms with van der Waals surface area (Å²) in [6, 6.07) is 25.9. The topological polar surface area (TPSA) is 101 Å². The van der Waals surface area contributed by atoms with Crippen LogP contribution in [0.2, 0.25) is 0 Å². The maximum absolute atomic E-state index is 13.6. The minimum Gasteiger partial charge on any atom is -0.454 e. The molecule has 1 fully saturated rings. The Balaban J connectivity index is 1.25. The molecule has 1 saturated heterocycles. The maximum Gasteiger partial charge on any atom is 0.253 e. The summed E-state index contributed by atoms with van der Waals surface area (Å²) in [4.78, 5) is 21.5. The van der Waals surface area contributed by atoms with Gasteiger partial charge < -0.3 is 14.5 Å². The van der Waals surface area contributed by atoms with Crippen LogP contribution in [0.5, 0.6) is 11.5 Å². The second-order valence-electron chi connectivity index (χ2n) is 10.2. The van der Waals surface area contributed by atoms with Crippen molar-refractivity contribution in [3.63, 3.8) is 0 Å². The van der Waals surface area contributed by atoms with Crippen molar-refractivity contribution in [2.45, 2.75) is 19.1 Å². The molecule has 1 N–H and O–H groups in total. The third-order valence-electron chi connectivity index (χ3n) is 7.66. The number of tetrazole rings is 1. The maximum atomic E-state index is 13.6. The first kappa shape index (κ1) is 24.5. The molecule has 10 nitrogen and oxygen atoms in total. The predicted octanol–water partition coefficient (Wildman–Crippen LogP) is 3.20. The molecule has 0 radical (unpaired) electrons. The highest BCUT2D eigenvalue weighted by molar-refractivity contribution is 5.83. The number of benzene rings is 3. The van der Waals surface area contributed by atoms with Crippen molar-refractivity contribution < 1.29 is 9.47 Å². The number of H-pyrrole nitrogens is 1. The Morgan fingerprint density at radius 2 is 1.50 bits per heavy atom. The number of hydrogen-bond donors (Lipinski definition) is 1. The predicted molar refractivity (Wildman–Crippen MR) is 149 cm³/mol. The number of pyridine rings is 1. The first-order valence-corrected chi connectivity index (χ1v) is 13.5. The standard InChI is InChI=1S/C30H29N7O3/c38-30-24(15-23-16-26-27(40-20-39-26)17-25(23)31-30)28(29-32-33-34-37(29)19-22-9-5-2-6-10-22)36-13-11-35(12-14-36)18-21-7-3-1-4-8-21/h1-10,15-17,28H,11-14,18-20H2,(H,31,38). The highest BCUT2D eigenvalue weighted by atomic mass is 16.7. The zero-order valence-electron chi connectivity index (χ0n) is 21.9. The molecular weight excluding hydrogens is 506 g/mol. The zero-order chi connectivity index (χ0) is 26.9. The summed E-state index contributed by atoms with van der Waals surface area (Å²) in [5.74, 6) is 1.95. The molecule has 2 aliphatic heterocycles. The van der Waals surface area contributed by atoms with E-state index in [-0.39, 0.29) is 12.4 Å². The first-order valence-electron chi connectivity index (χ1n) is 13.5. The van der Waals surface area contributed by atoms with Crippen molar-refractivity contribution >= 4 is 10.9 Å². The fourth-order valence-electron chi connectivity index (χ4n) is 5.61. The Bertz CT molecular complexity index is 1680. The van der Waals surface area contributed by atoms with Gasteiger partial charge in [-0.15, -0.1) is 5.10 Å². The van der Waals surface area contributed by atoms with Gasteiger partial charge in [-0.3, -0.25) is 14.6 Å². The van der Waals surface area contributed by atoms with E-state index in [0.717, 1.165) is 43.7 Å². The molecule has 0 amide bonds. The van der Waals surface area contributed by atoms with Gasteiger partial charge in [0, 0.05) is 49.7 Å². The van der Waals surface area contributed by atoms with Crippen molar-refractivity contribution in [2.24, 2.45) is 0 Å². The molecule has 2 aliphatic rings. The number of aromatic amines is 1. The van der Waals surface area contributed by atoms with Crippen LogP contribution in [-0.2, 0) is 13.1 Å². The Kier molecular flexibility index (Phi) is 6.46. The number of nitrogens with zero attached hydrogens (tertiary/aromatic N) is 6. The van der Waals surface area contributed by atoms with Gasteiger partial charge in [0.2, 0.25) is 6.79 Å². The number of piperazine rings is 1. The molecule has 4 heterocycles. The molecule has 40 heavy (non-hydrogen) atoms. The summed E-state index contributed by atoms with van der Waals surface area (Å²) in [5, 5.41) is 13.7. The lowest BCUT2D eigenvalue weighted by Gasteiger charge is -2.38. The highest BCUT2D eigenvalue weighted by Crippen LogP contribution is 2.36. The van der Waals surface area contributed by atoms with Gasteiger partial charge in [0.1, 0.15) is 6.04 Å². The quantitative estimate of drug-likeness (QED) is 0.339. The van der Waals surface area contributed by atoms with Gasteiger partial charge in [-0.1, -0.05) is 60.7 Å². The van der Waals surface area contributed by atoms with Crippen LogP contribution in [0.1, 0.15) is 28.6 Å². The van der Waals surface area contributed by atoms with Crippen LogP contribution in [0.25, 0.3) is 10.9 Å². The number of rotatable bonds is 7. The lowest BCUT2D eigenvalue weighted by Crippen LogP contribution is -2.48. The van der Waals surface area contributed by atoms with E-state index >= 15 is 0 Å². The fourth-order valence-corrected chi connectivity index (χ4v) is 5.61. The van der Waals surface area contributed by atoms with Crippen LogP contribution in [0.15, 0.2) is 83.7 Å².